The van der Waals surface area contributed by atoms with Crippen molar-refractivity contribution in [3.63, 3.8) is 0 Å². The van der Waals surface area contributed by atoms with Crippen LogP contribution in [-0.4, -0.2) is 12.4 Å². The van der Waals surface area contributed by atoms with Gasteiger partial charge in [0.2, 0.25) is 0 Å². The monoisotopic (exact) mass is 266 g/mol. The lowest BCUT2D eigenvalue weighted by molar-refractivity contribution is -0.125. The quantitative estimate of drug-likeness (QED) is 0.817. The Kier molecular flexibility index (Phi) is 4.65. The summed E-state index contributed by atoms with van der Waals surface area (Å²) in [5.41, 5.74) is 1.01. The maximum absolute atomic E-state index is 12.0. The minimum Gasteiger partial charge on any atom is -0.486 e. The molecule has 0 heterocycles. The molecule has 0 unspecified atom stereocenters. The van der Waals surface area contributed by atoms with E-state index in [0.29, 0.717) is 10.8 Å². The first-order valence-electron chi connectivity index (χ1n) is 6.58. The van der Waals surface area contributed by atoms with Gasteiger partial charge in [-0.2, -0.15) is 0 Å². The van der Waals surface area contributed by atoms with Crippen molar-refractivity contribution in [2.75, 3.05) is 6.61 Å². The summed E-state index contributed by atoms with van der Waals surface area (Å²) in [6.45, 7) is 2.13. The molecule has 3 heteroatoms. The number of carbonyl (C=O) groups excluding carboxylic acids is 1. The second kappa shape index (κ2) is 6.24. The van der Waals surface area contributed by atoms with Crippen LogP contribution in [-0.2, 0) is 4.79 Å². The van der Waals surface area contributed by atoms with Gasteiger partial charge in [-0.25, -0.2) is 0 Å². The van der Waals surface area contributed by atoms with Crippen molar-refractivity contribution in [1.29, 1.82) is 0 Å². The van der Waals surface area contributed by atoms with Crippen LogP contribution in [0.3, 0.4) is 0 Å². The molecule has 0 bridgehead atoms. The second-order valence-electron chi connectivity index (χ2n) is 5.00. The van der Waals surface area contributed by atoms with Crippen molar-refractivity contribution < 1.29 is 9.53 Å². The fraction of sp³-hybridized carbons (Fsp3) is 0.533. The number of rotatable bonds is 4. The Balaban J connectivity index is 1.90. The average Bonchev–Trinajstić information content (AvgIpc) is 2.40. The third-order valence-electron chi connectivity index (χ3n) is 3.58. The van der Waals surface area contributed by atoms with Crippen molar-refractivity contribution in [1.82, 2.24) is 0 Å². The molecule has 0 atom stereocenters. The summed E-state index contributed by atoms with van der Waals surface area (Å²) in [4.78, 5) is 12.0. The summed E-state index contributed by atoms with van der Waals surface area (Å²) < 4.78 is 5.60. The average molecular weight is 267 g/mol. The molecule has 1 aliphatic rings. The van der Waals surface area contributed by atoms with Crippen LogP contribution in [0.4, 0.5) is 0 Å². The Bertz CT molecular complexity index is 423. The van der Waals surface area contributed by atoms with E-state index in [4.69, 9.17) is 16.3 Å². The van der Waals surface area contributed by atoms with E-state index in [2.05, 4.69) is 0 Å². The highest BCUT2D eigenvalue weighted by Gasteiger charge is 2.21. The number of aryl methyl sites for hydroxylation is 1. The van der Waals surface area contributed by atoms with Gasteiger partial charge >= 0.3 is 0 Å². The maximum Gasteiger partial charge on any atom is 0.173 e. The Hall–Kier alpha value is -1.02. The normalized spacial score (nSPS) is 16.6. The summed E-state index contributed by atoms with van der Waals surface area (Å²) in [5, 5.41) is 0.640. The molecule has 0 aromatic heterocycles. The third kappa shape index (κ3) is 3.49. The van der Waals surface area contributed by atoms with Gasteiger partial charge in [-0.15, -0.1) is 0 Å². The molecule has 0 amide bonds. The molecule has 1 aromatic rings. The molecule has 0 saturated heterocycles. The van der Waals surface area contributed by atoms with Crippen LogP contribution in [0, 0.1) is 12.8 Å². The standard InChI is InChI=1S/C15H19ClO2/c1-11-7-8-13(16)9-15(11)18-10-14(17)12-5-3-2-4-6-12/h7-9,12H,2-6,10H2,1H3. The molecule has 1 aromatic carbocycles. The van der Waals surface area contributed by atoms with Gasteiger partial charge in [0.1, 0.15) is 12.4 Å². The number of halogens is 1. The van der Waals surface area contributed by atoms with E-state index in [1.165, 1.54) is 19.3 Å². The molecule has 1 saturated carbocycles. The summed E-state index contributed by atoms with van der Waals surface area (Å²) in [6, 6.07) is 5.50. The molecule has 98 valence electrons. The van der Waals surface area contributed by atoms with E-state index in [1.807, 2.05) is 19.1 Å². The minimum absolute atomic E-state index is 0.172. The fourth-order valence-electron chi connectivity index (χ4n) is 2.42. The van der Waals surface area contributed by atoms with Gasteiger partial charge < -0.3 is 4.74 Å². The molecule has 2 rings (SSSR count). The van der Waals surface area contributed by atoms with Gasteiger partial charge in [-0.1, -0.05) is 36.9 Å². The number of hydrogen-bond acceptors (Lipinski definition) is 2. The van der Waals surface area contributed by atoms with Crippen LogP contribution in [0.5, 0.6) is 5.75 Å². The zero-order valence-electron chi connectivity index (χ0n) is 10.7. The topological polar surface area (TPSA) is 26.3 Å². The molecule has 0 N–H and O–H groups in total. The molecule has 1 fully saturated rings. The maximum atomic E-state index is 12.0. The Morgan fingerprint density at radius 3 is 2.78 bits per heavy atom. The van der Waals surface area contributed by atoms with Crippen molar-refractivity contribution >= 4 is 17.4 Å². The van der Waals surface area contributed by atoms with Gasteiger partial charge in [0, 0.05) is 10.9 Å². The van der Waals surface area contributed by atoms with Crippen LogP contribution in [0.1, 0.15) is 37.7 Å². The van der Waals surface area contributed by atoms with Crippen LogP contribution >= 0.6 is 11.6 Å². The summed E-state index contributed by atoms with van der Waals surface area (Å²) in [7, 11) is 0. The van der Waals surface area contributed by atoms with E-state index in [1.54, 1.807) is 6.07 Å². The number of ether oxygens (including phenoxy) is 1. The first kappa shape index (κ1) is 13.4. The summed E-state index contributed by atoms with van der Waals surface area (Å²) in [5.74, 6) is 1.15. The van der Waals surface area contributed by atoms with Gasteiger partial charge in [-0.3, -0.25) is 4.79 Å². The lowest BCUT2D eigenvalue weighted by Crippen LogP contribution is -2.23. The Morgan fingerprint density at radius 2 is 2.06 bits per heavy atom. The van der Waals surface area contributed by atoms with E-state index < -0.39 is 0 Å². The van der Waals surface area contributed by atoms with Crippen molar-refractivity contribution in [2.45, 2.75) is 39.0 Å². The highest BCUT2D eigenvalue weighted by Crippen LogP contribution is 2.26. The van der Waals surface area contributed by atoms with Gasteiger partial charge in [0.25, 0.3) is 0 Å². The van der Waals surface area contributed by atoms with E-state index in [0.717, 1.165) is 18.4 Å². The molecule has 1 aliphatic carbocycles. The van der Waals surface area contributed by atoms with Crippen LogP contribution in [0.25, 0.3) is 0 Å². The zero-order chi connectivity index (χ0) is 13.0. The summed E-state index contributed by atoms with van der Waals surface area (Å²) >= 11 is 5.92. The third-order valence-corrected chi connectivity index (χ3v) is 3.82. The largest absolute Gasteiger partial charge is 0.486 e. The predicted octanol–water partition coefficient (Wildman–Crippen LogP) is 4.18. The highest BCUT2D eigenvalue weighted by molar-refractivity contribution is 6.30. The minimum atomic E-state index is 0.172. The van der Waals surface area contributed by atoms with Crippen LogP contribution < -0.4 is 4.74 Å². The first-order valence-corrected chi connectivity index (χ1v) is 6.96. The predicted molar refractivity (Wildman–Crippen MR) is 73.3 cm³/mol. The molecular formula is C15H19ClO2. The SMILES string of the molecule is Cc1ccc(Cl)cc1OCC(=O)C1CCCCC1. The highest BCUT2D eigenvalue weighted by atomic mass is 35.5. The number of carbonyl (C=O) groups is 1. The molecule has 0 radical (unpaired) electrons. The van der Waals surface area contributed by atoms with Crippen LogP contribution in [0.15, 0.2) is 18.2 Å². The van der Waals surface area contributed by atoms with E-state index in [9.17, 15) is 4.79 Å². The van der Waals surface area contributed by atoms with Gasteiger partial charge in [0.05, 0.1) is 0 Å². The van der Waals surface area contributed by atoms with E-state index in [-0.39, 0.29) is 18.3 Å². The van der Waals surface area contributed by atoms with Crippen molar-refractivity contribution in [2.24, 2.45) is 5.92 Å². The van der Waals surface area contributed by atoms with Crippen molar-refractivity contribution in [3.05, 3.63) is 28.8 Å². The first-order chi connectivity index (χ1) is 8.66. The smallest absolute Gasteiger partial charge is 0.173 e. The molecule has 2 nitrogen and oxygen atoms in total. The molecule has 0 spiro atoms. The molecular weight excluding hydrogens is 248 g/mol. The molecule has 0 aliphatic heterocycles. The number of ketones is 1. The zero-order valence-corrected chi connectivity index (χ0v) is 11.5. The van der Waals surface area contributed by atoms with Crippen molar-refractivity contribution in [3.8, 4) is 5.75 Å². The number of hydrogen-bond donors (Lipinski definition) is 0. The van der Waals surface area contributed by atoms with Gasteiger partial charge in [0.15, 0.2) is 5.78 Å². The Morgan fingerprint density at radius 1 is 1.33 bits per heavy atom. The molecule has 18 heavy (non-hydrogen) atoms. The van der Waals surface area contributed by atoms with Crippen LogP contribution in [0.2, 0.25) is 5.02 Å². The number of Topliss-reactive ketones (excluding diaryl/α,β-unsaturated/α-hetero) is 1. The lowest BCUT2D eigenvalue weighted by atomic mass is 9.86. The Labute approximate surface area is 113 Å². The van der Waals surface area contributed by atoms with E-state index >= 15 is 0 Å². The summed E-state index contributed by atoms with van der Waals surface area (Å²) in [6.07, 6.45) is 5.66. The van der Waals surface area contributed by atoms with Gasteiger partial charge in [-0.05, 0) is 37.5 Å². The second-order valence-corrected chi connectivity index (χ2v) is 5.44. The lowest BCUT2D eigenvalue weighted by Gasteiger charge is -2.20. The number of benzene rings is 1. The fourth-order valence-corrected chi connectivity index (χ4v) is 2.58.